The summed E-state index contributed by atoms with van der Waals surface area (Å²) in [5.41, 5.74) is 4.35. The molecule has 6 nitrogen and oxygen atoms in total. The standard InChI is InChI=1S/C20H22N4O2S/c1-3-12-26-16-10-8-15(9-11-16)13-21-24-19(25)14(2)22-20-23-17-6-4-5-7-18(17)27-20/h4-11,13-14H,3,12H2,1-2H3,(H,22,23)(H,24,25)/b21-13-/t14-/m0/s1. The monoisotopic (exact) mass is 382 g/mol. The van der Waals surface area contributed by atoms with E-state index in [1.54, 1.807) is 13.1 Å². The van der Waals surface area contributed by atoms with Gasteiger partial charge in [0.05, 0.1) is 23.0 Å². The first kappa shape index (κ1) is 18.8. The van der Waals surface area contributed by atoms with Crippen LogP contribution < -0.4 is 15.5 Å². The third-order valence-corrected chi connectivity index (χ3v) is 4.74. The number of nitrogens with zero attached hydrogens (tertiary/aromatic N) is 2. The maximum Gasteiger partial charge on any atom is 0.262 e. The Bertz CT molecular complexity index is 888. The van der Waals surface area contributed by atoms with E-state index in [4.69, 9.17) is 4.74 Å². The lowest BCUT2D eigenvalue weighted by Gasteiger charge is -2.10. The minimum absolute atomic E-state index is 0.228. The fraction of sp³-hybridized carbons (Fsp3) is 0.250. The van der Waals surface area contributed by atoms with Gasteiger partial charge >= 0.3 is 0 Å². The van der Waals surface area contributed by atoms with Crippen LogP contribution in [0.3, 0.4) is 0 Å². The molecule has 2 aromatic carbocycles. The number of fused-ring (bicyclic) bond motifs is 1. The maximum atomic E-state index is 12.2. The number of anilines is 1. The number of rotatable bonds is 8. The molecule has 0 saturated carbocycles. The number of carbonyl (C=O) groups excluding carboxylic acids is 1. The van der Waals surface area contributed by atoms with Crippen molar-refractivity contribution < 1.29 is 9.53 Å². The van der Waals surface area contributed by atoms with Gasteiger partial charge in [0.2, 0.25) is 0 Å². The molecular weight excluding hydrogens is 360 g/mol. The van der Waals surface area contributed by atoms with Gasteiger partial charge in [-0.05, 0) is 55.3 Å². The predicted molar refractivity (Wildman–Crippen MR) is 111 cm³/mol. The second-order valence-electron chi connectivity index (χ2n) is 6.00. The maximum absolute atomic E-state index is 12.2. The van der Waals surface area contributed by atoms with Crippen molar-refractivity contribution in [3.05, 3.63) is 54.1 Å². The fourth-order valence-electron chi connectivity index (χ4n) is 2.32. The van der Waals surface area contributed by atoms with Crippen molar-refractivity contribution in [2.75, 3.05) is 11.9 Å². The van der Waals surface area contributed by atoms with Crippen molar-refractivity contribution in [3.63, 3.8) is 0 Å². The fourth-order valence-corrected chi connectivity index (χ4v) is 3.27. The average Bonchev–Trinajstić information content (AvgIpc) is 3.09. The van der Waals surface area contributed by atoms with E-state index in [-0.39, 0.29) is 5.91 Å². The van der Waals surface area contributed by atoms with Gasteiger partial charge in [0.15, 0.2) is 5.13 Å². The highest BCUT2D eigenvalue weighted by Crippen LogP contribution is 2.25. The van der Waals surface area contributed by atoms with Crippen molar-refractivity contribution in [1.29, 1.82) is 0 Å². The molecule has 0 aliphatic rings. The number of hydrogen-bond acceptors (Lipinski definition) is 6. The molecular formula is C20H22N4O2S. The molecule has 3 rings (SSSR count). The Morgan fingerprint density at radius 2 is 2.04 bits per heavy atom. The Morgan fingerprint density at radius 3 is 2.78 bits per heavy atom. The SMILES string of the molecule is CCCOc1ccc(/C=N\NC(=O)[C@H](C)Nc2nc3ccccc3s2)cc1. The number of aromatic nitrogens is 1. The number of hydrazone groups is 1. The molecule has 7 heteroatoms. The molecule has 27 heavy (non-hydrogen) atoms. The zero-order valence-corrected chi connectivity index (χ0v) is 16.1. The smallest absolute Gasteiger partial charge is 0.262 e. The largest absolute Gasteiger partial charge is 0.494 e. The molecule has 0 fully saturated rings. The van der Waals surface area contributed by atoms with Crippen LogP contribution in [0, 0.1) is 0 Å². The van der Waals surface area contributed by atoms with Crippen molar-refractivity contribution in [2.24, 2.45) is 5.10 Å². The predicted octanol–water partition coefficient (Wildman–Crippen LogP) is 4.04. The second-order valence-corrected chi connectivity index (χ2v) is 7.04. The van der Waals surface area contributed by atoms with Gasteiger partial charge in [0, 0.05) is 0 Å². The molecule has 0 unspecified atom stereocenters. The molecule has 0 saturated heterocycles. The average molecular weight is 382 g/mol. The number of nitrogens with one attached hydrogen (secondary N) is 2. The summed E-state index contributed by atoms with van der Waals surface area (Å²) in [7, 11) is 0. The number of thiazole rings is 1. The van der Waals surface area contributed by atoms with Gasteiger partial charge in [0.25, 0.3) is 5.91 Å². The first-order valence-electron chi connectivity index (χ1n) is 8.83. The van der Waals surface area contributed by atoms with Crippen LogP contribution in [0.15, 0.2) is 53.6 Å². The Balaban J connectivity index is 1.51. The van der Waals surface area contributed by atoms with E-state index in [9.17, 15) is 4.79 Å². The Kier molecular flexibility index (Phi) is 6.38. The van der Waals surface area contributed by atoms with E-state index in [0.717, 1.165) is 28.0 Å². The Hall–Kier alpha value is -2.93. The highest BCUT2D eigenvalue weighted by Gasteiger charge is 2.14. The van der Waals surface area contributed by atoms with E-state index in [2.05, 4.69) is 27.8 Å². The number of amides is 1. The first-order chi connectivity index (χ1) is 13.2. The van der Waals surface area contributed by atoms with E-state index in [1.807, 2.05) is 48.5 Å². The summed E-state index contributed by atoms with van der Waals surface area (Å²) < 4.78 is 6.62. The minimum Gasteiger partial charge on any atom is -0.494 e. The molecule has 0 spiro atoms. The Morgan fingerprint density at radius 1 is 1.26 bits per heavy atom. The lowest BCUT2D eigenvalue weighted by Crippen LogP contribution is -2.34. The number of ether oxygens (including phenoxy) is 1. The van der Waals surface area contributed by atoms with Crippen LogP contribution in [0.2, 0.25) is 0 Å². The summed E-state index contributed by atoms with van der Waals surface area (Å²) in [6, 6.07) is 15.0. The molecule has 0 radical (unpaired) electrons. The van der Waals surface area contributed by atoms with Crippen molar-refractivity contribution in [3.8, 4) is 5.75 Å². The molecule has 3 aromatic rings. The zero-order valence-electron chi connectivity index (χ0n) is 15.3. The third-order valence-electron chi connectivity index (χ3n) is 3.77. The Labute approximate surface area is 162 Å². The van der Waals surface area contributed by atoms with E-state index >= 15 is 0 Å². The summed E-state index contributed by atoms with van der Waals surface area (Å²) in [5.74, 6) is 0.597. The van der Waals surface area contributed by atoms with Crippen LogP contribution in [0.25, 0.3) is 10.2 Å². The molecule has 140 valence electrons. The molecule has 1 heterocycles. The van der Waals surface area contributed by atoms with E-state index in [1.165, 1.54) is 11.3 Å². The molecule has 0 aliphatic carbocycles. The van der Waals surface area contributed by atoms with Crippen LogP contribution >= 0.6 is 11.3 Å². The summed E-state index contributed by atoms with van der Waals surface area (Å²) in [4.78, 5) is 16.7. The van der Waals surface area contributed by atoms with Gasteiger partial charge in [-0.3, -0.25) is 4.79 Å². The number of para-hydroxylation sites is 1. The molecule has 1 atom stereocenters. The highest BCUT2D eigenvalue weighted by atomic mass is 32.1. The van der Waals surface area contributed by atoms with Crippen molar-refractivity contribution >= 4 is 38.8 Å². The highest BCUT2D eigenvalue weighted by molar-refractivity contribution is 7.22. The number of hydrogen-bond donors (Lipinski definition) is 2. The van der Waals surface area contributed by atoms with Gasteiger partial charge in [-0.1, -0.05) is 30.4 Å². The normalized spacial score (nSPS) is 12.2. The molecule has 0 bridgehead atoms. The minimum atomic E-state index is -0.451. The summed E-state index contributed by atoms with van der Waals surface area (Å²) >= 11 is 1.52. The molecule has 1 amide bonds. The quantitative estimate of drug-likeness (QED) is 0.455. The summed E-state index contributed by atoms with van der Waals surface area (Å²) in [6.07, 6.45) is 2.57. The van der Waals surface area contributed by atoms with Crippen LogP contribution in [0.5, 0.6) is 5.75 Å². The summed E-state index contributed by atoms with van der Waals surface area (Å²) in [6.45, 7) is 4.54. The number of benzene rings is 2. The van der Waals surface area contributed by atoms with Crippen LogP contribution in [0.1, 0.15) is 25.8 Å². The third kappa shape index (κ3) is 5.27. The van der Waals surface area contributed by atoms with E-state index in [0.29, 0.717) is 11.7 Å². The summed E-state index contributed by atoms with van der Waals surface area (Å²) in [5, 5.41) is 7.84. The van der Waals surface area contributed by atoms with Gasteiger partial charge in [-0.15, -0.1) is 0 Å². The lowest BCUT2D eigenvalue weighted by molar-refractivity contribution is -0.121. The molecule has 1 aromatic heterocycles. The lowest BCUT2D eigenvalue weighted by atomic mass is 10.2. The second kappa shape index (κ2) is 9.14. The van der Waals surface area contributed by atoms with Crippen LogP contribution in [-0.2, 0) is 4.79 Å². The van der Waals surface area contributed by atoms with Gasteiger partial charge < -0.3 is 10.1 Å². The van der Waals surface area contributed by atoms with E-state index < -0.39 is 6.04 Å². The van der Waals surface area contributed by atoms with Crippen molar-refractivity contribution in [1.82, 2.24) is 10.4 Å². The zero-order chi connectivity index (χ0) is 19.1. The van der Waals surface area contributed by atoms with Crippen molar-refractivity contribution in [2.45, 2.75) is 26.3 Å². The molecule has 0 aliphatic heterocycles. The topological polar surface area (TPSA) is 75.6 Å². The number of carbonyl (C=O) groups is 1. The molecule has 2 N–H and O–H groups in total. The van der Waals surface area contributed by atoms with Crippen LogP contribution in [-0.4, -0.2) is 29.8 Å². The first-order valence-corrected chi connectivity index (χ1v) is 9.65. The van der Waals surface area contributed by atoms with Gasteiger partial charge in [-0.2, -0.15) is 5.10 Å². The van der Waals surface area contributed by atoms with Crippen LogP contribution in [0.4, 0.5) is 5.13 Å². The van der Waals surface area contributed by atoms with Gasteiger partial charge in [0.1, 0.15) is 11.8 Å². The van der Waals surface area contributed by atoms with Gasteiger partial charge in [-0.25, -0.2) is 10.4 Å².